The van der Waals surface area contributed by atoms with E-state index in [1.54, 1.807) is 0 Å². The minimum atomic E-state index is 0.0355. The summed E-state index contributed by atoms with van der Waals surface area (Å²) in [6.45, 7) is 1.60. The molecule has 0 radical (unpaired) electrons. The molecule has 1 saturated heterocycles. The van der Waals surface area contributed by atoms with Crippen molar-refractivity contribution in [1.82, 2.24) is 24.6 Å². The average molecular weight is 395 g/mol. The molecule has 2 aromatic heterocycles. The average Bonchev–Trinajstić information content (AvgIpc) is 3.38. The van der Waals surface area contributed by atoms with E-state index in [0.717, 1.165) is 53.9 Å². The van der Waals surface area contributed by atoms with Gasteiger partial charge in [-0.2, -0.15) is 5.10 Å². The molecule has 29 heavy (non-hydrogen) atoms. The van der Waals surface area contributed by atoms with E-state index in [4.69, 9.17) is 5.10 Å². The van der Waals surface area contributed by atoms with Gasteiger partial charge in [0.2, 0.25) is 0 Å². The maximum atomic E-state index is 13.3. The lowest BCUT2D eigenvalue weighted by atomic mass is 10.1. The first-order valence-corrected chi connectivity index (χ1v) is 10.1. The largest absolute Gasteiger partial charge is 0.378 e. The molecule has 154 valence electrons. The first kappa shape index (κ1) is 19.5. The summed E-state index contributed by atoms with van der Waals surface area (Å²) in [7, 11) is 10.1. The Bertz CT molecular complexity index is 1030. The van der Waals surface area contributed by atoms with Crippen LogP contribution in [-0.2, 0) is 13.6 Å². The third kappa shape index (κ3) is 3.74. The zero-order chi connectivity index (χ0) is 20.7. The van der Waals surface area contributed by atoms with Gasteiger partial charge in [0.25, 0.3) is 5.91 Å². The molecule has 3 heterocycles. The van der Waals surface area contributed by atoms with Crippen LogP contribution in [0.25, 0.3) is 10.9 Å². The van der Waals surface area contributed by atoms with Crippen molar-refractivity contribution in [2.45, 2.75) is 25.4 Å². The maximum absolute atomic E-state index is 13.3. The zero-order valence-corrected chi connectivity index (χ0v) is 17.9. The molecule has 1 aliphatic heterocycles. The van der Waals surface area contributed by atoms with E-state index in [1.807, 2.05) is 36.8 Å². The highest BCUT2D eigenvalue weighted by molar-refractivity contribution is 5.99. The number of hydrogen-bond donors (Lipinski definition) is 1. The van der Waals surface area contributed by atoms with Gasteiger partial charge in [0.05, 0.1) is 17.4 Å². The highest BCUT2D eigenvalue weighted by atomic mass is 16.2. The first-order chi connectivity index (χ1) is 13.8. The molecule has 1 N–H and O–H groups in total. The number of likely N-dealkylation sites (tertiary alicyclic amines) is 1. The Morgan fingerprint density at radius 2 is 2.00 bits per heavy atom. The second kappa shape index (κ2) is 7.55. The number of aryl methyl sites for hydroxylation is 1. The van der Waals surface area contributed by atoms with Gasteiger partial charge >= 0.3 is 0 Å². The summed E-state index contributed by atoms with van der Waals surface area (Å²) in [5.41, 5.74) is 4.89. The number of anilines is 1. The van der Waals surface area contributed by atoms with Crippen LogP contribution in [0.5, 0.6) is 0 Å². The van der Waals surface area contributed by atoms with Gasteiger partial charge in [-0.05, 0) is 51.2 Å². The number of amides is 1. The normalized spacial score (nSPS) is 16.9. The zero-order valence-electron chi connectivity index (χ0n) is 17.9. The van der Waals surface area contributed by atoms with Crippen molar-refractivity contribution < 1.29 is 4.79 Å². The molecular formula is C22H30N6O. The number of aromatic amines is 1. The topological polar surface area (TPSA) is 60.4 Å². The molecule has 0 aliphatic carbocycles. The Morgan fingerprint density at radius 3 is 2.72 bits per heavy atom. The summed E-state index contributed by atoms with van der Waals surface area (Å²) in [6.07, 6.45) is 1.95. The SMILES string of the molecule is CN(C)Cc1cc([C@@H]2CCCN2C(=O)c2cc3ccc(N(C)C)cc3[nH]2)nn1C. The molecule has 1 atom stereocenters. The molecule has 0 saturated carbocycles. The van der Waals surface area contributed by atoms with E-state index in [9.17, 15) is 4.79 Å². The van der Waals surface area contributed by atoms with Crippen molar-refractivity contribution in [2.75, 3.05) is 39.6 Å². The fraction of sp³-hybridized carbons (Fsp3) is 0.455. The number of nitrogens with one attached hydrogen (secondary N) is 1. The minimum Gasteiger partial charge on any atom is -0.378 e. The number of aromatic nitrogens is 3. The number of hydrogen-bond acceptors (Lipinski definition) is 4. The third-order valence-electron chi connectivity index (χ3n) is 5.68. The van der Waals surface area contributed by atoms with Crippen LogP contribution in [0.2, 0.25) is 0 Å². The van der Waals surface area contributed by atoms with Crippen LogP contribution in [-0.4, -0.2) is 65.2 Å². The van der Waals surface area contributed by atoms with Gasteiger partial charge in [0, 0.05) is 50.8 Å². The number of fused-ring (bicyclic) bond motifs is 1. The van der Waals surface area contributed by atoms with E-state index in [2.05, 4.69) is 53.1 Å². The van der Waals surface area contributed by atoms with Gasteiger partial charge in [-0.1, -0.05) is 6.07 Å². The Labute approximate surface area is 171 Å². The lowest BCUT2D eigenvalue weighted by Crippen LogP contribution is -2.31. The quantitative estimate of drug-likeness (QED) is 0.723. The van der Waals surface area contributed by atoms with Crippen molar-refractivity contribution in [3.63, 3.8) is 0 Å². The van der Waals surface area contributed by atoms with Crippen LogP contribution in [0.1, 0.15) is 40.8 Å². The van der Waals surface area contributed by atoms with Crippen molar-refractivity contribution >= 4 is 22.5 Å². The van der Waals surface area contributed by atoms with Crippen molar-refractivity contribution in [2.24, 2.45) is 7.05 Å². The first-order valence-electron chi connectivity index (χ1n) is 10.1. The summed E-state index contributed by atoms with van der Waals surface area (Å²) in [4.78, 5) is 22.8. The van der Waals surface area contributed by atoms with Crippen molar-refractivity contribution in [1.29, 1.82) is 0 Å². The highest BCUT2D eigenvalue weighted by Crippen LogP contribution is 2.33. The van der Waals surface area contributed by atoms with E-state index in [0.29, 0.717) is 5.69 Å². The summed E-state index contributed by atoms with van der Waals surface area (Å²) in [6, 6.07) is 10.4. The summed E-state index contributed by atoms with van der Waals surface area (Å²) in [5.74, 6) is 0.0508. The molecule has 7 heteroatoms. The molecule has 4 rings (SSSR count). The lowest BCUT2D eigenvalue weighted by molar-refractivity contribution is 0.0727. The molecule has 7 nitrogen and oxygen atoms in total. The van der Waals surface area contributed by atoms with Crippen LogP contribution in [0, 0.1) is 0 Å². The van der Waals surface area contributed by atoms with Gasteiger partial charge in [0.1, 0.15) is 5.69 Å². The van der Waals surface area contributed by atoms with Gasteiger partial charge in [-0.3, -0.25) is 9.48 Å². The molecule has 0 unspecified atom stereocenters. The predicted molar refractivity (Wildman–Crippen MR) is 116 cm³/mol. The number of H-pyrrole nitrogens is 1. The maximum Gasteiger partial charge on any atom is 0.270 e. The van der Waals surface area contributed by atoms with E-state index in [-0.39, 0.29) is 11.9 Å². The fourth-order valence-corrected chi connectivity index (χ4v) is 4.15. The predicted octanol–water partition coefficient (Wildman–Crippen LogP) is 3.01. The van der Waals surface area contributed by atoms with E-state index < -0.39 is 0 Å². The number of carbonyl (C=O) groups is 1. The van der Waals surface area contributed by atoms with Crippen molar-refractivity contribution in [3.8, 4) is 0 Å². The lowest BCUT2D eigenvalue weighted by Gasteiger charge is -2.22. The summed E-state index contributed by atoms with van der Waals surface area (Å²) in [5, 5.41) is 5.78. The molecule has 3 aromatic rings. The third-order valence-corrected chi connectivity index (χ3v) is 5.68. The Balaban J connectivity index is 1.60. The molecule has 0 bridgehead atoms. The van der Waals surface area contributed by atoms with Crippen LogP contribution in [0.15, 0.2) is 30.3 Å². The second-order valence-electron chi connectivity index (χ2n) is 8.43. The number of carbonyl (C=O) groups excluding carboxylic acids is 1. The van der Waals surface area contributed by atoms with E-state index in [1.165, 1.54) is 0 Å². The number of nitrogens with zero attached hydrogens (tertiary/aromatic N) is 5. The standard InChI is InChI=1S/C22H30N6O/c1-25(2)14-17-13-19(24-27(17)5)21-7-6-10-28(21)22(29)20-11-15-8-9-16(26(3)4)12-18(15)23-20/h8-9,11-13,21,23H,6-7,10,14H2,1-5H3/t21-/m0/s1. The number of rotatable bonds is 5. The molecular weight excluding hydrogens is 364 g/mol. The van der Waals surface area contributed by atoms with Gasteiger partial charge < -0.3 is 19.7 Å². The molecule has 0 spiro atoms. The van der Waals surface area contributed by atoms with Crippen molar-refractivity contribution in [3.05, 3.63) is 47.4 Å². The molecule has 1 aliphatic rings. The van der Waals surface area contributed by atoms with Crippen LogP contribution in [0.3, 0.4) is 0 Å². The Morgan fingerprint density at radius 1 is 1.21 bits per heavy atom. The van der Waals surface area contributed by atoms with Crippen LogP contribution >= 0.6 is 0 Å². The van der Waals surface area contributed by atoms with Crippen LogP contribution < -0.4 is 4.90 Å². The smallest absolute Gasteiger partial charge is 0.270 e. The van der Waals surface area contributed by atoms with Gasteiger partial charge in [-0.25, -0.2) is 0 Å². The fourth-order valence-electron chi connectivity index (χ4n) is 4.15. The Hall–Kier alpha value is -2.80. The molecule has 1 aromatic carbocycles. The Kier molecular flexibility index (Phi) is 5.08. The molecule has 1 fully saturated rings. The van der Waals surface area contributed by atoms with Gasteiger partial charge in [-0.15, -0.1) is 0 Å². The van der Waals surface area contributed by atoms with Gasteiger partial charge in [0.15, 0.2) is 0 Å². The summed E-state index contributed by atoms with van der Waals surface area (Å²) < 4.78 is 1.93. The molecule has 1 amide bonds. The minimum absolute atomic E-state index is 0.0355. The second-order valence-corrected chi connectivity index (χ2v) is 8.43. The van der Waals surface area contributed by atoms with Crippen LogP contribution in [0.4, 0.5) is 5.69 Å². The highest BCUT2D eigenvalue weighted by Gasteiger charge is 2.33. The van der Waals surface area contributed by atoms with E-state index >= 15 is 0 Å². The summed E-state index contributed by atoms with van der Waals surface area (Å²) >= 11 is 0. The number of benzene rings is 1. The monoisotopic (exact) mass is 394 g/mol.